The third-order valence-electron chi connectivity index (χ3n) is 2.93. The summed E-state index contributed by atoms with van der Waals surface area (Å²) in [5.74, 6) is -0.977. The van der Waals surface area contributed by atoms with Crippen molar-refractivity contribution in [3.05, 3.63) is 53.6 Å². The highest BCUT2D eigenvalue weighted by Crippen LogP contribution is 2.20. The molecule has 0 amide bonds. The Balaban J connectivity index is 2.22. The lowest BCUT2D eigenvalue weighted by atomic mass is 10.0. The third kappa shape index (κ3) is 2.41. The predicted molar refractivity (Wildman–Crippen MR) is 64.9 cm³/mol. The molecule has 0 bridgehead atoms. The van der Waals surface area contributed by atoms with Crippen LogP contribution in [0, 0.1) is 11.6 Å². The summed E-state index contributed by atoms with van der Waals surface area (Å²) in [6.07, 6.45) is 3.89. The summed E-state index contributed by atoms with van der Waals surface area (Å²) in [5, 5.41) is 0. The fourth-order valence-corrected chi connectivity index (χ4v) is 1.93. The van der Waals surface area contributed by atoms with Crippen molar-refractivity contribution in [3.8, 4) is 0 Å². The average molecular weight is 251 g/mol. The van der Waals surface area contributed by atoms with E-state index in [9.17, 15) is 8.78 Å². The fourth-order valence-electron chi connectivity index (χ4n) is 1.93. The van der Waals surface area contributed by atoms with Crippen LogP contribution in [0.3, 0.4) is 0 Å². The molecule has 0 spiro atoms. The second-order valence-electron chi connectivity index (χ2n) is 4.08. The molecule has 0 saturated carbocycles. The number of hydrogen-bond acceptors (Lipinski definition) is 2. The number of benzene rings is 1. The van der Waals surface area contributed by atoms with Gasteiger partial charge in [0.25, 0.3) is 0 Å². The van der Waals surface area contributed by atoms with Gasteiger partial charge in [-0.15, -0.1) is 0 Å². The maximum Gasteiger partial charge on any atom is 0.163 e. The topological polar surface area (TPSA) is 43.8 Å². The fraction of sp³-hybridized carbons (Fsp3) is 0.308. The van der Waals surface area contributed by atoms with Crippen LogP contribution in [0.5, 0.6) is 0 Å². The summed E-state index contributed by atoms with van der Waals surface area (Å²) in [5.41, 5.74) is 6.10. The summed E-state index contributed by atoms with van der Waals surface area (Å²) in [7, 11) is 0. The molecule has 0 aliphatic rings. The van der Waals surface area contributed by atoms with Crippen LogP contribution in [-0.4, -0.2) is 9.55 Å². The maximum atomic E-state index is 13.6. The SMILES string of the molecule is CCn1ccnc1CC(N)c1cccc(F)c1F. The van der Waals surface area contributed by atoms with Crippen LogP contribution in [0.25, 0.3) is 0 Å². The number of nitrogens with zero attached hydrogens (tertiary/aromatic N) is 2. The van der Waals surface area contributed by atoms with E-state index in [2.05, 4.69) is 4.98 Å². The van der Waals surface area contributed by atoms with Gasteiger partial charge in [-0.1, -0.05) is 12.1 Å². The molecule has 0 aliphatic carbocycles. The van der Waals surface area contributed by atoms with E-state index >= 15 is 0 Å². The second kappa shape index (κ2) is 5.27. The van der Waals surface area contributed by atoms with Crippen molar-refractivity contribution in [3.63, 3.8) is 0 Å². The van der Waals surface area contributed by atoms with Crippen LogP contribution in [0.15, 0.2) is 30.6 Å². The van der Waals surface area contributed by atoms with Crippen molar-refractivity contribution in [2.75, 3.05) is 0 Å². The molecule has 1 aromatic carbocycles. The predicted octanol–water partition coefficient (Wildman–Crippen LogP) is 2.42. The molecule has 0 aliphatic heterocycles. The Labute approximate surface area is 104 Å². The van der Waals surface area contributed by atoms with E-state index in [1.165, 1.54) is 12.1 Å². The van der Waals surface area contributed by atoms with Crippen molar-refractivity contribution >= 4 is 0 Å². The first kappa shape index (κ1) is 12.7. The number of imidazole rings is 1. The number of aromatic nitrogens is 2. The molecule has 0 fully saturated rings. The molecule has 2 aromatic rings. The molecule has 3 nitrogen and oxygen atoms in total. The standard InChI is InChI=1S/C13H15F2N3/c1-2-18-7-6-17-12(18)8-11(16)9-4-3-5-10(14)13(9)15/h3-7,11H,2,8,16H2,1H3. The molecule has 2 N–H and O–H groups in total. The van der Waals surface area contributed by atoms with Gasteiger partial charge in [0.05, 0.1) is 0 Å². The van der Waals surface area contributed by atoms with Crippen molar-refractivity contribution in [2.24, 2.45) is 5.73 Å². The summed E-state index contributed by atoms with van der Waals surface area (Å²) in [6.45, 7) is 2.76. The first-order valence-electron chi connectivity index (χ1n) is 5.83. The molecule has 96 valence electrons. The van der Waals surface area contributed by atoms with Crippen molar-refractivity contribution in [1.82, 2.24) is 9.55 Å². The lowest BCUT2D eigenvalue weighted by Crippen LogP contribution is -2.18. The zero-order chi connectivity index (χ0) is 13.1. The lowest BCUT2D eigenvalue weighted by Gasteiger charge is -2.13. The van der Waals surface area contributed by atoms with Crippen LogP contribution < -0.4 is 5.73 Å². The van der Waals surface area contributed by atoms with E-state index in [0.29, 0.717) is 6.42 Å². The number of halogens is 2. The molecule has 0 saturated heterocycles. The van der Waals surface area contributed by atoms with Gasteiger partial charge in [0.1, 0.15) is 5.82 Å². The van der Waals surface area contributed by atoms with Gasteiger partial charge in [-0.3, -0.25) is 0 Å². The summed E-state index contributed by atoms with van der Waals surface area (Å²) in [6, 6.07) is 3.44. The van der Waals surface area contributed by atoms with E-state index in [1.54, 1.807) is 6.20 Å². The number of nitrogens with two attached hydrogens (primary N) is 1. The zero-order valence-corrected chi connectivity index (χ0v) is 10.1. The van der Waals surface area contributed by atoms with Gasteiger partial charge in [-0.05, 0) is 13.0 Å². The highest BCUT2D eigenvalue weighted by Gasteiger charge is 2.16. The largest absolute Gasteiger partial charge is 0.335 e. The van der Waals surface area contributed by atoms with E-state index in [1.807, 2.05) is 17.7 Å². The molecule has 1 aromatic heterocycles. The smallest absolute Gasteiger partial charge is 0.163 e. The van der Waals surface area contributed by atoms with Crippen LogP contribution in [-0.2, 0) is 13.0 Å². The minimum absolute atomic E-state index is 0.181. The molecule has 0 radical (unpaired) electrons. The van der Waals surface area contributed by atoms with Crippen LogP contribution in [0.4, 0.5) is 8.78 Å². The number of aryl methyl sites for hydroxylation is 1. The van der Waals surface area contributed by atoms with Crippen molar-refractivity contribution < 1.29 is 8.78 Å². The van der Waals surface area contributed by atoms with Gasteiger partial charge in [0.2, 0.25) is 0 Å². The molecule has 1 atom stereocenters. The van der Waals surface area contributed by atoms with E-state index in [0.717, 1.165) is 18.4 Å². The van der Waals surface area contributed by atoms with Crippen LogP contribution in [0.1, 0.15) is 24.4 Å². The molecule has 5 heteroatoms. The third-order valence-corrected chi connectivity index (χ3v) is 2.93. The van der Waals surface area contributed by atoms with Gasteiger partial charge in [-0.2, -0.15) is 0 Å². The minimum Gasteiger partial charge on any atom is -0.335 e. The molecule has 1 heterocycles. The van der Waals surface area contributed by atoms with Gasteiger partial charge in [0, 0.05) is 37.0 Å². The van der Waals surface area contributed by atoms with E-state index in [4.69, 9.17) is 5.73 Å². The molecule has 1 unspecified atom stereocenters. The first-order valence-corrected chi connectivity index (χ1v) is 5.83. The highest BCUT2D eigenvalue weighted by molar-refractivity contribution is 5.23. The Bertz CT molecular complexity index is 537. The molecular weight excluding hydrogens is 236 g/mol. The van der Waals surface area contributed by atoms with Gasteiger partial charge < -0.3 is 10.3 Å². The number of rotatable bonds is 4. The quantitative estimate of drug-likeness (QED) is 0.907. The summed E-state index contributed by atoms with van der Waals surface area (Å²) < 4.78 is 28.6. The number of hydrogen-bond donors (Lipinski definition) is 1. The lowest BCUT2D eigenvalue weighted by molar-refractivity contribution is 0.485. The molecule has 2 rings (SSSR count). The minimum atomic E-state index is -0.875. The zero-order valence-electron chi connectivity index (χ0n) is 10.1. The average Bonchev–Trinajstić information content (AvgIpc) is 2.79. The normalized spacial score (nSPS) is 12.7. The Hall–Kier alpha value is -1.75. The Morgan fingerprint density at radius 2 is 2.17 bits per heavy atom. The Kier molecular flexibility index (Phi) is 3.72. The molecule has 18 heavy (non-hydrogen) atoms. The highest BCUT2D eigenvalue weighted by atomic mass is 19.2. The summed E-state index contributed by atoms with van der Waals surface area (Å²) in [4.78, 5) is 4.17. The van der Waals surface area contributed by atoms with Gasteiger partial charge in [0.15, 0.2) is 11.6 Å². The summed E-state index contributed by atoms with van der Waals surface area (Å²) >= 11 is 0. The van der Waals surface area contributed by atoms with Crippen LogP contribution in [0.2, 0.25) is 0 Å². The second-order valence-corrected chi connectivity index (χ2v) is 4.08. The van der Waals surface area contributed by atoms with Crippen molar-refractivity contribution in [2.45, 2.75) is 25.9 Å². The van der Waals surface area contributed by atoms with Gasteiger partial charge >= 0.3 is 0 Å². The molecular formula is C13H15F2N3. The monoisotopic (exact) mass is 251 g/mol. The van der Waals surface area contributed by atoms with E-state index in [-0.39, 0.29) is 5.56 Å². The van der Waals surface area contributed by atoms with Crippen molar-refractivity contribution in [1.29, 1.82) is 0 Å². The Morgan fingerprint density at radius 3 is 2.89 bits per heavy atom. The Morgan fingerprint density at radius 1 is 1.39 bits per heavy atom. The van der Waals surface area contributed by atoms with Gasteiger partial charge in [-0.25, -0.2) is 13.8 Å². The first-order chi connectivity index (χ1) is 8.63. The van der Waals surface area contributed by atoms with E-state index < -0.39 is 17.7 Å². The maximum absolute atomic E-state index is 13.6. The van der Waals surface area contributed by atoms with Crippen LogP contribution >= 0.6 is 0 Å².